The molecule has 0 aliphatic rings. The van der Waals surface area contributed by atoms with Crippen molar-refractivity contribution in [2.75, 3.05) is 0 Å². The highest BCUT2D eigenvalue weighted by atomic mass is 35.5. The number of halogens is 1. The summed E-state index contributed by atoms with van der Waals surface area (Å²) in [7, 11) is -3.84. The van der Waals surface area contributed by atoms with E-state index >= 15 is 0 Å². The molecule has 0 unspecified atom stereocenters. The van der Waals surface area contributed by atoms with E-state index < -0.39 is 22.0 Å². The van der Waals surface area contributed by atoms with Crippen molar-refractivity contribution in [2.45, 2.75) is 44.8 Å². The smallest absolute Gasteiger partial charge is 0.241 e. The minimum Gasteiger partial charge on any atom is -0.351 e. The molecule has 0 aliphatic heterocycles. The van der Waals surface area contributed by atoms with E-state index in [0.29, 0.717) is 11.6 Å². The first-order valence-electron chi connectivity index (χ1n) is 9.80. The first-order valence-corrected chi connectivity index (χ1v) is 11.7. The van der Waals surface area contributed by atoms with E-state index in [4.69, 9.17) is 11.6 Å². The number of nitrogens with one attached hydrogen (secondary N) is 2. The zero-order chi connectivity index (χ0) is 22.6. The van der Waals surface area contributed by atoms with Crippen LogP contribution in [0.15, 0.2) is 59.5 Å². The number of carbonyl (C=O) groups is 1. The fraction of sp³-hybridized carbons (Fsp3) is 0.273. The predicted molar refractivity (Wildman–Crippen MR) is 120 cm³/mol. The SMILES string of the molecule is Cc1nn(Cc2ccccc2)c(C)c1CNC(=O)[C@H](C)NS(=O)(=O)c1ccc(Cl)cc1. The van der Waals surface area contributed by atoms with E-state index in [1.165, 1.54) is 31.2 Å². The van der Waals surface area contributed by atoms with Gasteiger partial charge in [0, 0.05) is 22.8 Å². The quantitative estimate of drug-likeness (QED) is 0.540. The molecule has 9 heteroatoms. The third-order valence-corrected chi connectivity index (χ3v) is 6.80. The van der Waals surface area contributed by atoms with Crippen LogP contribution in [0.2, 0.25) is 5.02 Å². The molecule has 3 aromatic rings. The Morgan fingerprint density at radius 3 is 2.39 bits per heavy atom. The largest absolute Gasteiger partial charge is 0.351 e. The maximum Gasteiger partial charge on any atom is 0.241 e. The minimum atomic E-state index is -3.84. The van der Waals surface area contributed by atoms with Gasteiger partial charge in [0.25, 0.3) is 0 Å². The lowest BCUT2D eigenvalue weighted by Crippen LogP contribution is -2.44. The average molecular weight is 461 g/mol. The van der Waals surface area contributed by atoms with Gasteiger partial charge in [0.05, 0.1) is 23.2 Å². The molecule has 0 radical (unpaired) electrons. The zero-order valence-corrected chi connectivity index (χ0v) is 19.2. The molecule has 7 nitrogen and oxygen atoms in total. The summed E-state index contributed by atoms with van der Waals surface area (Å²) in [6.45, 7) is 6.25. The van der Waals surface area contributed by atoms with Crippen molar-refractivity contribution in [3.63, 3.8) is 0 Å². The number of nitrogens with zero attached hydrogens (tertiary/aromatic N) is 2. The van der Waals surface area contributed by atoms with Crippen molar-refractivity contribution in [3.05, 3.63) is 82.1 Å². The summed E-state index contributed by atoms with van der Waals surface area (Å²) >= 11 is 5.80. The summed E-state index contributed by atoms with van der Waals surface area (Å²) in [5, 5.41) is 7.81. The Morgan fingerprint density at radius 2 is 1.74 bits per heavy atom. The molecule has 1 heterocycles. The molecule has 31 heavy (non-hydrogen) atoms. The maximum atomic E-state index is 12.5. The molecular formula is C22H25ClN4O3S. The highest BCUT2D eigenvalue weighted by molar-refractivity contribution is 7.89. The normalized spacial score (nSPS) is 12.5. The molecule has 0 saturated carbocycles. The van der Waals surface area contributed by atoms with Gasteiger partial charge >= 0.3 is 0 Å². The van der Waals surface area contributed by atoms with Crippen molar-refractivity contribution in [2.24, 2.45) is 0 Å². The van der Waals surface area contributed by atoms with Crippen molar-refractivity contribution < 1.29 is 13.2 Å². The highest BCUT2D eigenvalue weighted by Crippen LogP contribution is 2.16. The molecule has 0 aliphatic carbocycles. The molecule has 3 rings (SSSR count). The Morgan fingerprint density at radius 1 is 1.10 bits per heavy atom. The Hall–Kier alpha value is -2.68. The summed E-state index contributed by atoms with van der Waals surface area (Å²) in [5.41, 5.74) is 3.82. The molecule has 1 amide bonds. The van der Waals surface area contributed by atoms with Gasteiger partial charge < -0.3 is 5.32 Å². The second-order valence-corrected chi connectivity index (χ2v) is 9.46. The molecule has 2 N–H and O–H groups in total. The van der Waals surface area contributed by atoms with Crippen LogP contribution < -0.4 is 10.0 Å². The minimum absolute atomic E-state index is 0.0467. The van der Waals surface area contributed by atoms with E-state index in [2.05, 4.69) is 15.1 Å². The third kappa shape index (κ3) is 5.72. The van der Waals surface area contributed by atoms with Gasteiger partial charge in [-0.1, -0.05) is 41.9 Å². The number of aryl methyl sites for hydroxylation is 1. The van der Waals surface area contributed by atoms with Crippen LogP contribution in [0.3, 0.4) is 0 Å². The van der Waals surface area contributed by atoms with Gasteiger partial charge in [0.15, 0.2) is 0 Å². The molecular weight excluding hydrogens is 436 g/mol. The number of amides is 1. The van der Waals surface area contributed by atoms with Crippen molar-refractivity contribution in [3.8, 4) is 0 Å². The van der Waals surface area contributed by atoms with Gasteiger partial charge in [-0.2, -0.15) is 9.82 Å². The Balaban J connectivity index is 1.63. The Bertz CT molecular complexity index is 1160. The topological polar surface area (TPSA) is 93.1 Å². The first-order chi connectivity index (χ1) is 14.7. The summed E-state index contributed by atoms with van der Waals surface area (Å²) in [5.74, 6) is -0.424. The zero-order valence-electron chi connectivity index (χ0n) is 17.6. The lowest BCUT2D eigenvalue weighted by atomic mass is 10.2. The highest BCUT2D eigenvalue weighted by Gasteiger charge is 2.22. The van der Waals surface area contributed by atoms with Gasteiger partial charge in [-0.15, -0.1) is 0 Å². The van der Waals surface area contributed by atoms with Gasteiger partial charge in [-0.05, 0) is 50.6 Å². The van der Waals surface area contributed by atoms with E-state index in [0.717, 1.165) is 22.5 Å². The van der Waals surface area contributed by atoms with Crippen molar-refractivity contribution >= 4 is 27.5 Å². The van der Waals surface area contributed by atoms with Crippen LogP contribution in [-0.4, -0.2) is 30.1 Å². The lowest BCUT2D eigenvalue weighted by molar-refractivity contribution is -0.122. The summed E-state index contributed by atoms with van der Waals surface area (Å²) < 4.78 is 29.2. The Labute approximate surface area is 187 Å². The van der Waals surface area contributed by atoms with Crippen LogP contribution in [0.4, 0.5) is 0 Å². The number of benzene rings is 2. The summed E-state index contributed by atoms with van der Waals surface area (Å²) in [6.07, 6.45) is 0. The van der Waals surface area contributed by atoms with Crippen molar-refractivity contribution in [1.82, 2.24) is 19.8 Å². The fourth-order valence-electron chi connectivity index (χ4n) is 3.20. The van der Waals surface area contributed by atoms with Crippen LogP contribution in [0.1, 0.15) is 29.4 Å². The van der Waals surface area contributed by atoms with Gasteiger partial charge in [-0.3, -0.25) is 9.48 Å². The number of hydrogen-bond donors (Lipinski definition) is 2. The van der Waals surface area contributed by atoms with Gasteiger partial charge in [0.2, 0.25) is 15.9 Å². The van der Waals surface area contributed by atoms with E-state index in [1.807, 2.05) is 48.9 Å². The van der Waals surface area contributed by atoms with Crippen LogP contribution in [0.25, 0.3) is 0 Å². The second kappa shape index (κ2) is 9.64. The fourth-order valence-corrected chi connectivity index (χ4v) is 4.53. The molecule has 1 aromatic heterocycles. The van der Waals surface area contributed by atoms with Gasteiger partial charge in [0.1, 0.15) is 0 Å². The number of rotatable bonds is 8. The van der Waals surface area contributed by atoms with Crippen LogP contribution in [0, 0.1) is 13.8 Å². The number of hydrogen-bond acceptors (Lipinski definition) is 4. The van der Waals surface area contributed by atoms with Crippen LogP contribution in [0.5, 0.6) is 0 Å². The van der Waals surface area contributed by atoms with E-state index in [9.17, 15) is 13.2 Å². The standard InChI is InChI=1S/C22H25ClN4O3S/c1-15-21(17(3)27(25-15)14-18-7-5-4-6-8-18)13-24-22(28)16(2)26-31(29,30)20-11-9-19(23)10-12-20/h4-12,16,26H,13-14H2,1-3H3,(H,24,28)/t16-/m0/s1. The molecule has 2 aromatic carbocycles. The number of aromatic nitrogens is 2. The molecule has 0 spiro atoms. The summed E-state index contributed by atoms with van der Waals surface area (Å²) in [6, 6.07) is 14.8. The number of carbonyl (C=O) groups excluding carboxylic acids is 1. The molecule has 1 atom stereocenters. The third-order valence-electron chi connectivity index (χ3n) is 5.00. The number of sulfonamides is 1. The lowest BCUT2D eigenvalue weighted by Gasteiger charge is -2.15. The molecule has 0 bridgehead atoms. The maximum absolute atomic E-state index is 12.5. The average Bonchev–Trinajstić information content (AvgIpc) is 2.99. The molecule has 0 fully saturated rings. The van der Waals surface area contributed by atoms with Gasteiger partial charge in [-0.25, -0.2) is 8.42 Å². The second-order valence-electron chi connectivity index (χ2n) is 7.31. The predicted octanol–water partition coefficient (Wildman–Crippen LogP) is 3.18. The van der Waals surface area contributed by atoms with Crippen molar-refractivity contribution in [1.29, 1.82) is 0 Å². The van der Waals surface area contributed by atoms with Crippen LogP contribution in [-0.2, 0) is 27.9 Å². The van der Waals surface area contributed by atoms with Crippen LogP contribution >= 0.6 is 11.6 Å². The van der Waals surface area contributed by atoms with E-state index in [-0.39, 0.29) is 11.4 Å². The van der Waals surface area contributed by atoms with E-state index in [1.54, 1.807) is 0 Å². The monoisotopic (exact) mass is 460 g/mol. The molecule has 0 saturated heterocycles. The first kappa shape index (κ1) is 23.0. The summed E-state index contributed by atoms with van der Waals surface area (Å²) in [4.78, 5) is 12.6. The Kier molecular flexibility index (Phi) is 7.15. The molecule has 164 valence electrons.